The fourth-order valence-electron chi connectivity index (χ4n) is 1.47. The van der Waals surface area contributed by atoms with Crippen molar-refractivity contribution in [3.63, 3.8) is 0 Å². The SMILES string of the molecule is CCOC(=O)C1C2C=COC21. The predicted molar refractivity (Wildman–Crippen MR) is 37.6 cm³/mol. The molecule has 3 atom stereocenters. The summed E-state index contributed by atoms with van der Waals surface area (Å²) in [5.74, 6) is 0.167. The van der Waals surface area contributed by atoms with Crippen LogP contribution in [0.15, 0.2) is 12.3 Å². The smallest absolute Gasteiger partial charge is 0.313 e. The lowest BCUT2D eigenvalue weighted by molar-refractivity contribution is -0.145. The summed E-state index contributed by atoms with van der Waals surface area (Å²) in [7, 11) is 0. The first-order chi connectivity index (χ1) is 5.34. The minimum atomic E-state index is -0.119. The Labute approximate surface area is 65.0 Å². The average molecular weight is 154 g/mol. The first-order valence-corrected chi connectivity index (χ1v) is 3.83. The molecular formula is C8H10O3. The zero-order chi connectivity index (χ0) is 7.84. The summed E-state index contributed by atoms with van der Waals surface area (Å²) in [6.45, 7) is 2.27. The molecule has 1 fully saturated rings. The molecule has 11 heavy (non-hydrogen) atoms. The highest BCUT2D eigenvalue weighted by Gasteiger charge is 2.58. The zero-order valence-corrected chi connectivity index (χ0v) is 6.32. The molecule has 0 N–H and O–H groups in total. The van der Waals surface area contributed by atoms with Gasteiger partial charge in [-0.25, -0.2) is 0 Å². The summed E-state index contributed by atoms with van der Waals surface area (Å²) >= 11 is 0. The molecule has 1 aliphatic carbocycles. The van der Waals surface area contributed by atoms with Crippen molar-refractivity contribution in [2.45, 2.75) is 13.0 Å². The number of ether oxygens (including phenoxy) is 2. The zero-order valence-electron chi connectivity index (χ0n) is 6.32. The van der Waals surface area contributed by atoms with E-state index in [0.717, 1.165) is 0 Å². The molecule has 3 nitrogen and oxygen atoms in total. The quantitative estimate of drug-likeness (QED) is 0.549. The van der Waals surface area contributed by atoms with E-state index in [1.165, 1.54) is 0 Å². The molecule has 3 heteroatoms. The van der Waals surface area contributed by atoms with Crippen LogP contribution in [0, 0.1) is 11.8 Å². The fourth-order valence-corrected chi connectivity index (χ4v) is 1.47. The third-order valence-electron chi connectivity index (χ3n) is 2.10. The van der Waals surface area contributed by atoms with Crippen molar-refractivity contribution in [1.82, 2.24) is 0 Å². The van der Waals surface area contributed by atoms with Crippen LogP contribution in [0.4, 0.5) is 0 Å². The third-order valence-corrected chi connectivity index (χ3v) is 2.10. The average Bonchev–Trinajstić information content (AvgIpc) is 2.47. The number of hydrogen-bond donors (Lipinski definition) is 0. The van der Waals surface area contributed by atoms with E-state index in [1.54, 1.807) is 6.26 Å². The van der Waals surface area contributed by atoms with Gasteiger partial charge in [-0.15, -0.1) is 0 Å². The second kappa shape index (κ2) is 2.26. The Balaban J connectivity index is 1.90. The second-order valence-corrected chi connectivity index (χ2v) is 2.78. The van der Waals surface area contributed by atoms with Gasteiger partial charge in [-0.1, -0.05) is 0 Å². The summed E-state index contributed by atoms with van der Waals surface area (Å²) < 4.78 is 9.97. The number of rotatable bonds is 2. The van der Waals surface area contributed by atoms with Gasteiger partial charge in [0.25, 0.3) is 0 Å². The van der Waals surface area contributed by atoms with Gasteiger partial charge < -0.3 is 9.47 Å². The van der Waals surface area contributed by atoms with Crippen LogP contribution in [0.3, 0.4) is 0 Å². The van der Waals surface area contributed by atoms with Gasteiger partial charge in [0.05, 0.1) is 12.9 Å². The Kier molecular flexibility index (Phi) is 1.37. The summed E-state index contributed by atoms with van der Waals surface area (Å²) in [6.07, 6.45) is 3.67. The number of fused-ring (bicyclic) bond motifs is 1. The van der Waals surface area contributed by atoms with Crippen molar-refractivity contribution >= 4 is 5.97 Å². The molecule has 0 aromatic heterocycles. The molecule has 1 saturated carbocycles. The van der Waals surface area contributed by atoms with Gasteiger partial charge in [-0.2, -0.15) is 0 Å². The molecule has 0 bridgehead atoms. The molecule has 3 unspecified atom stereocenters. The lowest BCUT2D eigenvalue weighted by atomic mass is 10.3. The summed E-state index contributed by atoms with van der Waals surface area (Å²) in [5, 5.41) is 0. The minimum absolute atomic E-state index is 0.0139. The van der Waals surface area contributed by atoms with Crippen LogP contribution in [0.5, 0.6) is 0 Å². The van der Waals surface area contributed by atoms with Crippen molar-refractivity contribution < 1.29 is 14.3 Å². The van der Waals surface area contributed by atoms with Crippen LogP contribution in [0.2, 0.25) is 0 Å². The monoisotopic (exact) mass is 154 g/mol. The molecular weight excluding hydrogens is 144 g/mol. The van der Waals surface area contributed by atoms with E-state index >= 15 is 0 Å². The van der Waals surface area contributed by atoms with Crippen molar-refractivity contribution in [2.75, 3.05) is 6.61 Å². The summed E-state index contributed by atoms with van der Waals surface area (Å²) in [6, 6.07) is 0. The Hall–Kier alpha value is -0.990. The molecule has 2 rings (SSSR count). The molecule has 0 amide bonds. The summed E-state index contributed by atoms with van der Waals surface area (Å²) in [4.78, 5) is 11.1. The third kappa shape index (κ3) is 0.914. The number of carbonyl (C=O) groups excluding carboxylic acids is 1. The van der Waals surface area contributed by atoms with Crippen molar-refractivity contribution in [2.24, 2.45) is 11.8 Å². The number of carbonyl (C=O) groups is 1. The van der Waals surface area contributed by atoms with E-state index < -0.39 is 0 Å². The first-order valence-electron chi connectivity index (χ1n) is 3.83. The maximum atomic E-state index is 11.1. The molecule has 0 spiro atoms. The Morgan fingerprint density at radius 1 is 1.73 bits per heavy atom. The van der Waals surface area contributed by atoms with Crippen LogP contribution in [-0.2, 0) is 14.3 Å². The van der Waals surface area contributed by atoms with Crippen LogP contribution in [0.1, 0.15) is 6.92 Å². The van der Waals surface area contributed by atoms with Crippen LogP contribution < -0.4 is 0 Å². The highest BCUT2D eigenvalue weighted by Crippen LogP contribution is 2.47. The van der Waals surface area contributed by atoms with Gasteiger partial charge in [0, 0.05) is 5.92 Å². The Morgan fingerprint density at radius 2 is 2.55 bits per heavy atom. The van der Waals surface area contributed by atoms with Gasteiger partial charge in [0.2, 0.25) is 0 Å². The van der Waals surface area contributed by atoms with Crippen molar-refractivity contribution in [1.29, 1.82) is 0 Å². The highest BCUT2D eigenvalue weighted by molar-refractivity contribution is 5.78. The predicted octanol–water partition coefficient (Wildman–Crippen LogP) is 0.708. The maximum Gasteiger partial charge on any atom is 0.313 e. The molecule has 0 saturated heterocycles. The molecule has 1 aliphatic heterocycles. The van der Waals surface area contributed by atoms with Gasteiger partial charge in [0.15, 0.2) is 0 Å². The van der Waals surface area contributed by atoms with E-state index in [1.807, 2.05) is 13.0 Å². The molecule has 0 aromatic carbocycles. The van der Waals surface area contributed by atoms with E-state index in [9.17, 15) is 4.79 Å². The lowest BCUT2D eigenvalue weighted by Crippen LogP contribution is -2.10. The van der Waals surface area contributed by atoms with Crippen LogP contribution in [-0.4, -0.2) is 18.7 Å². The molecule has 0 radical (unpaired) electrons. The van der Waals surface area contributed by atoms with E-state index in [0.29, 0.717) is 12.5 Å². The summed E-state index contributed by atoms with van der Waals surface area (Å²) in [5.41, 5.74) is 0. The normalized spacial score (nSPS) is 37.7. The van der Waals surface area contributed by atoms with Gasteiger partial charge >= 0.3 is 5.97 Å². The van der Waals surface area contributed by atoms with Crippen LogP contribution >= 0.6 is 0 Å². The minimum Gasteiger partial charge on any atom is -0.497 e. The van der Waals surface area contributed by atoms with Crippen molar-refractivity contribution in [3.05, 3.63) is 12.3 Å². The van der Waals surface area contributed by atoms with E-state index in [-0.39, 0.29) is 18.0 Å². The Bertz CT molecular complexity index is 209. The Morgan fingerprint density at radius 3 is 3.09 bits per heavy atom. The molecule has 1 heterocycles. The standard InChI is InChI=1S/C8H10O3/c1-2-10-8(9)6-5-3-4-11-7(5)6/h3-7H,2H2,1H3. The van der Waals surface area contributed by atoms with Crippen molar-refractivity contribution in [3.8, 4) is 0 Å². The van der Waals surface area contributed by atoms with Gasteiger partial charge in [0.1, 0.15) is 12.0 Å². The largest absolute Gasteiger partial charge is 0.497 e. The highest BCUT2D eigenvalue weighted by atomic mass is 16.5. The molecule has 2 aliphatic rings. The number of hydrogen-bond acceptors (Lipinski definition) is 3. The fraction of sp³-hybridized carbons (Fsp3) is 0.625. The van der Waals surface area contributed by atoms with Gasteiger partial charge in [-0.3, -0.25) is 4.79 Å². The van der Waals surface area contributed by atoms with E-state index in [2.05, 4.69) is 0 Å². The maximum absolute atomic E-state index is 11.1. The molecule has 60 valence electrons. The van der Waals surface area contributed by atoms with Crippen LogP contribution in [0.25, 0.3) is 0 Å². The van der Waals surface area contributed by atoms with E-state index in [4.69, 9.17) is 9.47 Å². The second-order valence-electron chi connectivity index (χ2n) is 2.78. The lowest BCUT2D eigenvalue weighted by Gasteiger charge is -2.00. The number of esters is 1. The molecule has 0 aromatic rings. The first kappa shape index (κ1) is 6.70. The van der Waals surface area contributed by atoms with Gasteiger partial charge in [-0.05, 0) is 13.0 Å². The topological polar surface area (TPSA) is 35.5 Å².